The summed E-state index contributed by atoms with van der Waals surface area (Å²) in [5, 5.41) is 52.2. The first kappa shape index (κ1) is 95.6. The van der Waals surface area contributed by atoms with E-state index in [0.29, 0.717) is 77.8 Å². The Hall–Kier alpha value is -13.3. The van der Waals surface area contributed by atoms with E-state index in [0.717, 1.165) is 76.3 Å². The lowest BCUT2D eigenvalue weighted by atomic mass is 9.90. The van der Waals surface area contributed by atoms with Gasteiger partial charge in [-0.25, -0.2) is 0 Å². The number of benzene rings is 7. The highest BCUT2D eigenvalue weighted by Gasteiger charge is 2.32. The number of nitrogens with one attached hydrogen (secondary N) is 8. The number of hydrogen-bond donors (Lipinski definition) is 12. The molecular formula is C95H114F3N15O12. The monoisotopic (exact) mass is 1710 g/mol. The van der Waals surface area contributed by atoms with Gasteiger partial charge in [0, 0.05) is 123 Å². The van der Waals surface area contributed by atoms with E-state index in [2.05, 4.69) is 117 Å². The minimum atomic E-state index is -5.19. The number of guanidine groups is 2. The zero-order valence-corrected chi connectivity index (χ0v) is 70.7. The highest BCUT2D eigenvalue weighted by molar-refractivity contribution is 5.95. The van der Waals surface area contributed by atoms with Crippen LogP contribution < -0.4 is 68.6 Å². The number of aromatic nitrogens is 1. The van der Waals surface area contributed by atoms with Crippen LogP contribution in [0.5, 0.6) is 11.5 Å². The van der Waals surface area contributed by atoms with E-state index >= 15 is 0 Å². The Bertz CT molecular complexity index is 4610. The Morgan fingerprint density at radius 1 is 0.480 bits per heavy atom. The van der Waals surface area contributed by atoms with Gasteiger partial charge in [-0.1, -0.05) is 158 Å². The second kappa shape index (κ2) is 49.7. The molecule has 30 heteroatoms. The Morgan fingerprint density at radius 2 is 0.840 bits per heavy atom. The van der Waals surface area contributed by atoms with Crippen molar-refractivity contribution in [3.8, 4) is 11.5 Å². The van der Waals surface area contributed by atoms with Crippen molar-refractivity contribution in [2.24, 2.45) is 21.5 Å². The Morgan fingerprint density at radius 3 is 1.21 bits per heavy atom. The number of unbranched alkanes of at least 4 members (excludes halogenated alkanes) is 2. The second-order valence-corrected chi connectivity index (χ2v) is 31.0. The molecule has 0 radical (unpaired) electrons. The SMILES string of the molecule is Cc1cc(/C=C/c2cc3c4c(c2)CCCN4CCC3)cc(C)[n+]1CCN(CCNC(=O)CCCCC(=O)N=C(N)NCCC[C@@H](NC(=O)C(c1ccccc1)c1ccccc1)C(=O)NCc1ccc(O)cc1)CCNC(=O)CCCCC(=O)N=C(N)NCCC[C@@H](NC(=O)C(c1ccccc1)c1ccccc1)C(=O)NCc1ccc(O)cc1.O=C([O-])C(F)(F)F. The lowest BCUT2D eigenvalue weighted by molar-refractivity contribution is -0.708. The molecule has 0 fully saturated rings. The fourth-order valence-corrected chi connectivity index (χ4v) is 15.1. The third kappa shape index (κ3) is 32.5. The summed E-state index contributed by atoms with van der Waals surface area (Å²) in [6, 6.07) is 57.6. The molecule has 0 unspecified atom stereocenters. The van der Waals surface area contributed by atoms with Crippen LogP contribution in [-0.2, 0) is 75.6 Å². The molecule has 0 saturated carbocycles. The summed E-state index contributed by atoms with van der Waals surface area (Å²) in [6.07, 6.45) is 7.17. The van der Waals surface area contributed by atoms with Gasteiger partial charge >= 0.3 is 6.18 Å². The zero-order valence-electron chi connectivity index (χ0n) is 70.7. The van der Waals surface area contributed by atoms with Crippen molar-refractivity contribution in [3.63, 3.8) is 0 Å². The standard InChI is InChI=1S/C93H113N15O10.C2HF3O2/c1-65-59-69(39-40-70-61-75-31-21-53-107-54-22-32-76(62-70)87(75)107)60-66(2)108(65)58-57-106(55-51-96-81(111)35-15-17-37-83(113)104-92(94)98-49-19-33-79(88(115)100-63-67-41-45-77(109)46-42-67)102-90(117)85(71-23-7-3-8-24-71)72-25-9-4-10-26-72)56-52-97-82(112)36-16-18-38-84(114)105-93(95)99-50-20-34-80(89(116)101-64-68-43-47-78(110)48-44-68)103-91(118)86(73-27-11-5-12-28-73)74-29-13-6-14-30-74;3-2(4,5)1(6)7/h3-14,23-30,39-48,59-62,79-80,85-86H,15-22,31-38,49-58,63-64H2,1-2H3,(H13-,94,95,96,97,98,99,100,101,102,103,104,105,109,110,111,112,113,114,115,116,117,118);(H,6,7)/t79-,80-;/m1./s1. The number of aliphatic imine (C=N–C) groups is 2. The fourth-order valence-electron chi connectivity index (χ4n) is 15.1. The number of nitrogens with two attached hydrogens (primary N) is 2. The van der Waals surface area contributed by atoms with E-state index in [4.69, 9.17) is 21.4 Å². The van der Waals surface area contributed by atoms with Gasteiger partial charge in [-0.3, -0.25) is 43.3 Å². The normalized spacial score (nSPS) is 13.0. The number of phenols is 2. The van der Waals surface area contributed by atoms with Crippen LogP contribution in [0.15, 0.2) is 204 Å². The molecule has 0 saturated heterocycles. The van der Waals surface area contributed by atoms with Crippen LogP contribution in [0.2, 0.25) is 0 Å². The van der Waals surface area contributed by atoms with Gasteiger partial charge in [-0.05, 0) is 169 Å². The van der Waals surface area contributed by atoms with Gasteiger partial charge in [0.15, 0.2) is 29.9 Å². The average molecular weight is 1720 g/mol. The predicted molar refractivity (Wildman–Crippen MR) is 472 cm³/mol. The van der Waals surface area contributed by atoms with Crippen molar-refractivity contribution >= 4 is 83.0 Å². The van der Waals surface area contributed by atoms with Gasteiger partial charge in [0.25, 0.3) is 0 Å². The fraction of sp³-hybridized carbons (Fsp3) is 0.368. The van der Waals surface area contributed by atoms with Crippen LogP contribution in [0.3, 0.4) is 0 Å². The predicted octanol–water partition coefficient (Wildman–Crippen LogP) is 8.51. The molecule has 0 spiro atoms. The number of aryl methyl sites for hydroxylation is 4. The van der Waals surface area contributed by atoms with Crippen LogP contribution in [0.1, 0.15) is 169 Å². The summed E-state index contributed by atoms with van der Waals surface area (Å²) in [5.41, 5.74) is 25.8. The van der Waals surface area contributed by atoms with E-state index in [-0.39, 0.29) is 112 Å². The van der Waals surface area contributed by atoms with Crippen molar-refractivity contribution < 1.29 is 76.2 Å². The summed E-state index contributed by atoms with van der Waals surface area (Å²) < 4.78 is 33.8. The molecular weight excluding hydrogens is 1600 g/mol. The molecule has 27 nitrogen and oxygen atoms in total. The van der Waals surface area contributed by atoms with Crippen LogP contribution in [0.25, 0.3) is 12.2 Å². The molecule has 10 rings (SSSR count). The van der Waals surface area contributed by atoms with E-state index in [1.165, 1.54) is 59.5 Å². The molecule has 3 heterocycles. The smallest absolute Gasteiger partial charge is 0.430 e. The lowest BCUT2D eigenvalue weighted by Crippen LogP contribution is -2.48. The Labute approximate surface area is 727 Å². The third-order valence-corrected chi connectivity index (χ3v) is 21.5. The minimum absolute atomic E-state index is 0.0637. The molecule has 7 aromatic carbocycles. The number of pyridine rings is 1. The number of halogens is 3. The number of carboxylic acids is 1. The number of alkyl halides is 3. The maximum absolute atomic E-state index is 14.2. The number of aliphatic carboxylic acids is 1. The quantitative estimate of drug-likeness (QED) is 0.00737. The summed E-state index contributed by atoms with van der Waals surface area (Å²) in [6.45, 7) is 10.3. The van der Waals surface area contributed by atoms with E-state index in [1.54, 1.807) is 24.3 Å². The van der Waals surface area contributed by atoms with Gasteiger partial charge in [0.2, 0.25) is 47.3 Å². The van der Waals surface area contributed by atoms with Crippen molar-refractivity contribution in [2.75, 3.05) is 63.8 Å². The summed E-state index contributed by atoms with van der Waals surface area (Å²) in [5.74, 6) is -7.08. The van der Waals surface area contributed by atoms with Crippen molar-refractivity contribution in [2.45, 2.75) is 166 Å². The molecule has 1 aromatic heterocycles. The third-order valence-electron chi connectivity index (χ3n) is 21.5. The molecule has 2 aliphatic heterocycles. The van der Waals surface area contributed by atoms with Crippen molar-refractivity contribution in [3.05, 3.63) is 261 Å². The van der Waals surface area contributed by atoms with Crippen LogP contribution in [0.4, 0.5) is 18.9 Å². The van der Waals surface area contributed by atoms with Crippen LogP contribution in [-0.4, -0.2) is 157 Å². The van der Waals surface area contributed by atoms with E-state index in [1.807, 2.05) is 121 Å². The molecule has 8 amide bonds. The largest absolute Gasteiger partial charge is 0.542 e. The molecule has 2 aliphatic rings. The maximum atomic E-state index is 14.2. The van der Waals surface area contributed by atoms with Crippen molar-refractivity contribution in [1.29, 1.82) is 0 Å². The summed E-state index contributed by atoms with van der Waals surface area (Å²) >= 11 is 0. The molecule has 125 heavy (non-hydrogen) atoms. The van der Waals surface area contributed by atoms with Gasteiger partial charge in [0.05, 0.1) is 18.4 Å². The number of carboxylic acid groups (broad SMARTS) is 1. The zero-order chi connectivity index (χ0) is 89.5. The molecule has 14 N–H and O–H groups in total. The van der Waals surface area contributed by atoms with Crippen molar-refractivity contribution in [1.82, 2.24) is 47.4 Å². The Kier molecular flexibility index (Phi) is 38.0. The summed E-state index contributed by atoms with van der Waals surface area (Å²) in [7, 11) is 0. The molecule has 8 aromatic rings. The number of carbonyl (C=O) groups excluding carboxylic acids is 9. The minimum Gasteiger partial charge on any atom is -0.542 e. The number of hydrogen-bond acceptors (Lipinski definition) is 14. The van der Waals surface area contributed by atoms with Gasteiger partial charge in [-0.15, -0.1) is 0 Å². The number of anilines is 1. The van der Waals surface area contributed by atoms with Gasteiger partial charge < -0.3 is 79.0 Å². The Balaban J connectivity index is 0.00000242. The van der Waals surface area contributed by atoms with Gasteiger partial charge in [0.1, 0.15) is 29.6 Å². The number of aromatic hydroxyl groups is 2. The van der Waals surface area contributed by atoms with E-state index in [9.17, 15) is 61.7 Å². The maximum Gasteiger partial charge on any atom is 0.430 e. The summed E-state index contributed by atoms with van der Waals surface area (Å²) in [4.78, 5) is 130. The van der Waals surface area contributed by atoms with Gasteiger partial charge in [-0.2, -0.15) is 27.7 Å². The highest BCUT2D eigenvalue weighted by Crippen LogP contribution is 2.37. The topological polar surface area (TPSA) is 401 Å². The second-order valence-electron chi connectivity index (χ2n) is 31.0. The highest BCUT2D eigenvalue weighted by atomic mass is 19.4. The van der Waals surface area contributed by atoms with Crippen LogP contribution >= 0.6 is 0 Å². The van der Waals surface area contributed by atoms with Crippen LogP contribution in [0, 0.1) is 13.8 Å². The first-order valence-electron chi connectivity index (χ1n) is 42.5. The molecule has 0 bridgehead atoms. The number of carbonyl (C=O) groups is 9. The average Bonchev–Trinajstić information content (AvgIpc) is 0.776. The molecule has 662 valence electrons. The number of nitrogens with zero attached hydrogens (tertiary/aromatic N) is 5. The first-order chi connectivity index (χ1) is 60.2. The molecule has 0 aliphatic carbocycles. The number of phenolic OH excluding ortho intramolecular Hbond substituents is 2. The molecule has 2 atom stereocenters. The number of amides is 8. The lowest BCUT2D eigenvalue weighted by Gasteiger charge is -2.37. The number of rotatable bonds is 43. The first-order valence-corrected chi connectivity index (χ1v) is 42.5. The van der Waals surface area contributed by atoms with E-state index < -0.39 is 59.7 Å².